The van der Waals surface area contributed by atoms with Gasteiger partial charge >= 0.3 is 6.18 Å². The normalized spacial score (nSPS) is 14.7. The van der Waals surface area contributed by atoms with Crippen molar-refractivity contribution in [2.45, 2.75) is 11.8 Å². The van der Waals surface area contributed by atoms with E-state index in [1.165, 1.54) is 19.2 Å². The summed E-state index contributed by atoms with van der Waals surface area (Å²) in [4.78, 5) is 0. The SMILES string of the molecule is COCC(O)(c1ccccc1)c1ccc(C(F)(F)F)cc1. The second-order valence-electron chi connectivity index (χ2n) is 4.73. The minimum absolute atomic E-state index is 0.0532. The molecule has 2 nitrogen and oxygen atoms in total. The van der Waals surface area contributed by atoms with Gasteiger partial charge in [-0.1, -0.05) is 42.5 Å². The summed E-state index contributed by atoms with van der Waals surface area (Å²) in [5.41, 5.74) is -1.32. The molecule has 1 unspecified atom stereocenters. The Morgan fingerprint density at radius 2 is 1.33 bits per heavy atom. The molecule has 0 aliphatic heterocycles. The first-order valence-electron chi connectivity index (χ1n) is 6.32. The molecule has 2 rings (SSSR count). The van der Waals surface area contributed by atoms with Crippen LogP contribution in [0.2, 0.25) is 0 Å². The van der Waals surface area contributed by atoms with Gasteiger partial charge in [-0.3, -0.25) is 0 Å². The molecule has 0 aliphatic rings. The van der Waals surface area contributed by atoms with E-state index < -0.39 is 17.3 Å². The predicted octanol–water partition coefficient (Wildman–Crippen LogP) is 3.59. The van der Waals surface area contributed by atoms with E-state index in [-0.39, 0.29) is 6.61 Å². The highest BCUT2D eigenvalue weighted by atomic mass is 19.4. The predicted molar refractivity (Wildman–Crippen MR) is 72.8 cm³/mol. The van der Waals surface area contributed by atoms with Crippen molar-refractivity contribution in [3.05, 3.63) is 71.3 Å². The van der Waals surface area contributed by atoms with Gasteiger partial charge in [0.2, 0.25) is 0 Å². The second-order valence-corrected chi connectivity index (χ2v) is 4.73. The monoisotopic (exact) mass is 296 g/mol. The number of hydrogen-bond donors (Lipinski definition) is 1. The number of aliphatic hydroxyl groups is 1. The van der Waals surface area contributed by atoms with Crippen molar-refractivity contribution in [3.63, 3.8) is 0 Å². The number of halogens is 3. The maximum absolute atomic E-state index is 12.6. The minimum Gasteiger partial charge on any atom is -0.381 e. The van der Waals surface area contributed by atoms with E-state index in [9.17, 15) is 18.3 Å². The summed E-state index contributed by atoms with van der Waals surface area (Å²) in [7, 11) is 1.43. The first-order valence-corrected chi connectivity index (χ1v) is 6.32. The van der Waals surface area contributed by atoms with Crippen molar-refractivity contribution in [3.8, 4) is 0 Å². The van der Waals surface area contributed by atoms with E-state index in [0.29, 0.717) is 11.1 Å². The molecule has 0 aromatic heterocycles. The number of ether oxygens (including phenoxy) is 1. The summed E-state index contributed by atoms with van der Waals surface area (Å²) in [5, 5.41) is 10.8. The molecule has 2 aromatic carbocycles. The Balaban J connectivity index is 2.44. The average Bonchev–Trinajstić information content (AvgIpc) is 2.47. The molecule has 0 heterocycles. The Kier molecular flexibility index (Phi) is 4.34. The molecule has 0 fully saturated rings. The fourth-order valence-corrected chi connectivity index (χ4v) is 2.19. The number of methoxy groups -OCH3 is 1. The fourth-order valence-electron chi connectivity index (χ4n) is 2.19. The molecule has 0 aliphatic carbocycles. The van der Waals surface area contributed by atoms with E-state index >= 15 is 0 Å². The standard InChI is InChI=1S/C16H15F3O2/c1-21-11-15(20,12-5-3-2-4-6-12)13-7-9-14(10-8-13)16(17,18)19/h2-10,20H,11H2,1H3. The van der Waals surface area contributed by atoms with E-state index in [2.05, 4.69) is 0 Å². The summed E-state index contributed by atoms with van der Waals surface area (Å²) in [6.07, 6.45) is -4.40. The average molecular weight is 296 g/mol. The molecular formula is C16H15F3O2. The molecule has 0 saturated carbocycles. The van der Waals surface area contributed by atoms with Crippen LogP contribution in [0.1, 0.15) is 16.7 Å². The lowest BCUT2D eigenvalue weighted by atomic mass is 9.86. The second kappa shape index (κ2) is 5.87. The van der Waals surface area contributed by atoms with Crippen LogP contribution in [0.3, 0.4) is 0 Å². The third kappa shape index (κ3) is 3.25. The molecule has 0 spiro atoms. The molecule has 0 amide bonds. The van der Waals surface area contributed by atoms with Crippen molar-refractivity contribution in [2.75, 3.05) is 13.7 Å². The van der Waals surface area contributed by atoms with Gasteiger partial charge in [0.15, 0.2) is 0 Å². The van der Waals surface area contributed by atoms with Gasteiger partial charge in [0.05, 0.1) is 12.2 Å². The highest BCUT2D eigenvalue weighted by Crippen LogP contribution is 2.33. The zero-order valence-corrected chi connectivity index (χ0v) is 11.4. The molecule has 21 heavy (non-hydrogen) atoms. The van der Waals surface area contributed by atoms with Crippen molar-refractivity contribution < 1.29 is 23.0 Å². The number of hydrogen-bond acceptors (Lipinski definition) is 2. The van der Waals surface area contributed by atoms with Crippen molar-refractivity contribution in [1.29, 1.82) is 0 Å². The summed E-state index contributed by atoms with van der Waals surface area (Å²) in [6, 6.07) is 13.2. The number of alkyl halides is 3. The minimum atomic E-state index is -4.40. The van der Waals surface area contributed by atoms with Crippen LogP contribution in [0.5, 0.6) is 0 Å². The zero-order valence-electron chi connectivity index (χ0n) is 11.4. The van der Waals surface area contributed by atoms with Crippen LogP contribution in [-0.4, -0.2) is 18.8 Å². The molecule has 0 radical (unpaired) electrons. The van der Waals surface area contributed by atoms with Gasteiger partial charge in [-0.25, -0.2) is 0 Å². The van der Waals surface area contributed by atoms with Crippen LogP contribution < -0.4 is 0 Å². The van der Waals surface area contributed by atoms with E-state index in [1.54, 1.807) is 30.3 Å². The van der Waals surface area contributed by atoms with Crippen LogP contribution in [0, 0.1) is 0 Å². The lowest BCUT2D eigenvalue weighted by molar-refractivity contribution is -0.137. The maximum Gasteiger partial charge on any atom is 0.416 e. The Hall–Kier alpha value is -1.85. The van der Waals surface area contributed by atoms with Crippen LogP contribution in [0.15, 0.2) is 54.6 Å². The molecule has 0 bridgehead atoms. The van der Waals surface area contributed by atoms with Gasteiger partial charge < -0.3 is 9.84 Å². The highest BCUT2D eigenvalue weighted by Gasteiger charge is 2.34. The highest BCUT2D eigenvalue weighted by molar-refractivity contribution is 5.38. The molecule has 112 valence electrons. The maximum atomic E-state index is 12.6. The molecule has 0 saturated heterocycles. The van der Waals surface area contributed by atoms with Gasteiger partial charge in [0.1, 0.15) is 5.60 Å². The summed E-state index contributed by atoms with van der Waals surface area (Å²) in [5.74, 6) is 0. The van der Waals surface area contributed by atoms with Gasteiger partial charge in [-0.05, 0) is 23.3 Å². The van der Waals surface area contributed by atoms with Crippen LogP contribution in [0.4, 0.5) is 13.2 Å². The summed E-state index contributed by atoms with van der Waals surface area (Å²) in [6.45, 7) is -0.0532. The topological polar surface area (TPSA) is 29.5 Å². The Morgan fingerprint density at radius 3 is 1.81 bits per heavy atom. The third-order valence-electron chi connectivity index (χ3n) is 3.29. The molecule has 2 aromatic rings. The fraction of sp³-hybridized carbons (Fsp3) is 0.250. The van der Waals surface area contributed by atoms with Crippen LogP contribution in [0.25, 0.3) is 0 Å². The largest absolute Gasteiger partial charge is 0.416 e. The number of rotatable bonds is 4. The van der Waals surface area contributed by atoms with Gasteiger partial charge in [-0.2, -0.15) is 13.2 Å². The first-order chi connectivity index (χ1) is 9.88. The van der Waals surface area contributed by atoms with Gasteiger partial charge in [0, 0.05) is 7.11 Å². The van der Waals surface area contributed by atoms with Crippen LogP contribution in [-0.2, 0) is 16.5 Å². The van der Waals surface area contributed by atoms with E-state index in [4.69, 9.17) is 4.74 Å². The quantitative estimate of drug-likeness (QED) is 0.934. The summed E-state index contributed by atoms with van der Waals surface area (Å²) >= 11 is 0. The van der Waals surface area contributed by atoms with Crippen LogP contribution >= 0.6 is 0 Å². The van der Waals surface area contributed by atoms with E-state index in [0.717, 1.165) is 12.1 Å². The third-order valence-corrected chi connectivity index (χ3v) is 3.29. The summed E-state index contributed by atoms with van der Waals surface area (Å²) < 4.78 is 42.8. The lowest BCUT2D eigenvalue weighted by Gasteiger charge is -2.28. The molecule has 1 atom stereocenters. The molecular weight excluding hydrogens is 281 g/mol. The van der Waals surface area contributed by atoms with Crippen molar-refractivity contribution in [1.82, 2.24) is 0 Å². The van der Waals surface area contributed by atoms with Crippen molar-refractivity contribution in [2.24, 2.45) is 0 Å². The van der Waals surface area contributed by atoms with Gasteiger partial charge in [0.25, 0.3) is 0 Å². The Labute approximate surface area is 120 Å². The van der Waals surface area contributed by atoms with E-state index in [1.807, 2.05) is 0 Å². The Bertz CT molecular complexity index is 579. The molecule has 5 heteroatoms. The Morgan fingerprint density at radius 1 is 0.857 bits per heavy atom. The lowest BCUT2D eigenvalue weighted by Crippen LogP contribution is -2.32. The molecule has 1 N–H and O–H groups in total. The number of benzene rings is 2. The zero-order chi connectivity index (χ0) is 15.5. The van der Waals surface area contributed by atoms with Crippen molar-refractivity contribution >= 4 is 0 Å². The smallest absolute Gasteiger partial charge is 0.381 e. The van der Waals surface area contributed by atoms with Gasteiger partial charge in [-0.15, -0.1) is 0 Å². The first kappa shape index (κ1) is 15.5.